The zero-order valence-electron chi connectivity index (χ0n) is 17.5. The van der Waals surface area contributed by atoms with Crippen molar-refractivity contribution in [3.8, 4) is 0 Å². The van der Waals surface area contributed by atoms with Crippen molar-refractivity contribution in [1.29, 1.82) is 0 Å². The molecule has 5 nitrogen and oxygen atoms in total. The second-order valence-corrected chi connectivity index (χ2v) is 8.78. The van der Waals surface area contributed by atoms with Crippen LogP contribution in [0.2, 0.25) is 0 Å². The summed E-state index contributed by atoms with van der Waals surface area (Å²) < 4.78 is 5.33. The lowest BCUT2D eigenvalue weighted by Crippen LogP contribution is -2.48. The van der Waals surface area contributed by atoms with E-state index in [0.717, 1.165) is 31.2 Å². The van der Waals surface area contributed by atoms with Gasteiger partial charge >= 0.3 is 0 Å². The summed E-state index contributed by atoms with van der Waals surface area (Å²) in [7, 11) is 0. The molecule has 1 heterocycles. The molecule has 2 saturated carbocycles. The van der Waals surface area contributed by atoms with E-state index in [1.165, 1.54) is 38.5 Å². The number of morpholine rings is 1. The highest BCUT2D eigenvalue weighted by molar-refractivity contribution is 5.98. The van der Waals surface area contributed by atoms with Crippen LogP contribution in [-0.4, -0.2) is 60.0 Å². The summed E-state index contributed by atoms with van der Waals surface area (Å²) in [5, 5.41) is 0. The van der Waals surface area contributed by atoms with Crippen LogP contribution in [0, 0.1) is 0 Å². The number of hydrogen-bond donors (Lipinski definition) is 0. The zero-order valence-corrected chi connectivity index (χ0v) is 17.5. The standard InChI is InChI=1S/C24H34N2O3/c27-23(25-15-17-29-18-16-25)19-11-13-20(14-12-19)24(28)26(21-7-3-1-4-8-21)22-9-5-2-6-10-22/h11-14,21-22H,1-10,15-18H2. The van der Waals surface area contributed by atoms with Crippen molar-refractivity contribution in [1.82, 2.24) is 9.80 Å². The Hall–Kier alpha value is -1.88. The summed E-state index contributed by atoms with van der Waals surface area (Å²) in [6.07, 6.45) is 12.0. The van der Waals surface area contributed by atoms with Crippen LogP contribution in [0.15, 0.2) is 24.3 Å². The molecule has 4 rings (SSSR count). The molecule has 3 fully saturated rings. The minimum atomic E-state index is 0.0312. The van der Waals surface area contributed by atoms with E-state index in [4.69, 9.17) is 4.74 Å². The summed E-state index contributed by atoms with van der Waals surface area (Å²) >= 11 is 0. The lowest BCUT2D eigenvalue weighted by Gasteiger charge is -2.42. The number of amides is 2. The number of ether oxygens (including phenoxy) is 1. The summed E-state index contributed by atoms with van der Waals surface area (Å²) in [5.74, 6) is 0.192. The number of carbonyl (C=O) groups is 2. The van der Waals surface area contributed by atoms with Gasteiger partial charge in [-0.1, -0.05) is 38.5 Å². The molecule has 2 amide bonds. The van der Waals surface area contributed by atoms with E-state index in [-0.39, 0.29) is 11.8 Å². The SMILES string of the molecule is O=C(c1ccc(C(=O)N(C2CCCCC2)C2CCCCC2)cc1)N1CCOCC1. The lowest BCUT2D eigenvalue weighted by atomic mass is 9.88. The van der Waals surface area contributed by atoms with Crippen LogP contribution in [0.25, 0.3) is 0 Å². The minimum absolute atomic E-state index is 0.0312. The van der Waals surface area contributed by atoms with Crippen LogP contribution in [0.5, 0.6) is 0 Å². The fourth-order valence-electron chi connectivity index (χ4n) is 5.20. The monoisotopic (exact) mass is 398 g/mol. The first-order chi connectivity index (χ1) is 14.2. The van der Waals surface area contributed by atoms with Gasteiger partial charge in [0, 0.05) is 36.3 Å². The molecule has 0 radical (unpaired) electrons. The third kappa shape index (κ3) is 4.82. The first-order valence-electron chi connectivity index (χ1n) is 11.5. The average molecular weight is 399 g/mol. The summed E-state index contributed by atoms with van der Waals surface area (Å²) in [5.41, 5.74) is 1.38. The molecule has 1 aromatic carbocycles. The van der Waals surface area contributed by atoms with Crippen molar-refractivity contribution in [3.05, 3.63) is 35.4 Å². The van der Waals surface area contributed by atoms with Gasteiger partial charge in [-0.2, -0.15) is 0 Å². The molecule has 1 aromatic rings. The molecule has 0 N–H and O–H groups in total. The topological polar surface area (TPSA) is 49.9 Å². The summed E-state index contributed by atoms with van der Waals surface area (Å²) in [6.45, 7) is 2.47. The van der Waals surface area contributed by atoms with Gasteiger partial charge in [0.05, 0.1) is 13.2 Å². The quantitative estimate of drug-likeness (QED) is 0.761. The van der Waals surface area contributed by atoms with Crippen LogP contribution >= 0.6 is 0 Å². The molecule has 158 valence electrons. The van der Waals surface area contributed by atoms with E-state index in [9.17, 15) is 9.59 Å². The van der Waals surface area contributed by atoms with E-state index in [1.807, 2.05) is 29.2 Å². The second kappa shape index (κ2) is 9.75. The molecule has 5 heteroatoms. The fourth-order valence-corrected chi connectivity index (χ4v) is 5.20. The van der Waals surface area contributed by atoms with Gasteiger partial charge in [0.2, 0.25) is 0 Å². The minimum Gasteiger partial charge on any atom is -0.378 e. The number of benzene rings is 1. The number of rotatable bonds is 4. The molecule has 0 aromatic heterocycles. The first kappa shape index (κ1) is 20.4. The van der Waals surface area contributed by atoms with Crippen LogP contribution in [0.1, 0.15) is 84.9 Å². The third-order valence-corrected chi connectivity index (χ3v) is 6.85. The fraction of sp³-hybridized carbons (Fsp3) is 0.667. The molecule has 0 bridgehead atoms. The van der Waals surface area contributed by atoms with Crippen molar-refractivity contribution in [2.24, 2.45) is 0 Å². The number of nitrogens with zero attached hydrogens (tertiary/aromatic N) is 2. The molecule has 29 heavy (non-hydrogen) atoms. The van der Waals surface area contributed by atoms with Gasteiger partial charge in [0.15, 0.2) is 0 Å². The Morgan fingerprint density at radius 1 is 0.759 bits per heavy atom. The average Bonchev–Trinajstić information content (AvgIpc) is 2.81. The van der Waals surface area contributed by atoms with Gasteiger partial charge in [-0.05, 0) is 49.9 Å². The molecular formula is C24H34N2O3. The van der Waals surface area contributed by atoms with E-state index < -0.39 is 0 Å². The molecule has 0 unspecified atom stereocenters. The zero-order chi connectivity index (χ0) is 20.1. The maximum Gasteiger partial charge on any atom is 0.254 e. The van der Waals surface area contributed by atoms with Crippen molar-refractivity contribution in [2.45, 2.75) is 76.3 Å². The van der Waals surface area contributed by atoms with E-state index >= 15 is 0 Å². The van der Waals surface area contributed by atoms with Crippen molar-refractivity contribution in [3.63, 3.8) is 0 Å². The van der Waals surface area contributed by atoms with E-state index in [0.29, 0.717) is 44.0 Å². The molecule has 0 spiro atoms. The molecular weight excluding hydrogens is 364 g/mol. The Labute approximate surface area is 174 Å². The molecule has 1 aliphatic heterocycles. The van der Waals surface area contributed by atoms with E-state index in [1.54, 1.807) is 0 Å². The molecule has 3 aliphatic rings. The Balaban J connectivity index is 1.49. The lowest BCUT2D eigenvalue weighted by molar-refractivity contribution is 0.0302. The highest BCUT2D eigenvalue weighted by atomic mass is 16.5. The van der Waals surface area contributed by atoms with Crippen LogP contribution < -0.4 is 0 Å². The number of hydrogen-bond acceptors (Lipinski definition) is 3. The first-order valence-corrected chi connectivity index (χ1v) is 11.5. The van der Waals surface area contributed by atoms with Crippen molar-refractivity contribution in [2.75, 3.05) is 26.3 Å². The van der Waals surface area contributed by atoms with Gasteiger partial charge in [-0.25, -0.2) is 0 Å². The second-order valence-electron chi connectivity index (χ2n) is 8.78. The Morgan fingerprint density at radius 2 is 1.24 bits per heavy atom. The molecule has 1 saturated heterocycles. The predicted octanol–water partition coefficient (Wildman–Crippen LogP) is 4.27. The largest absolute Gasteiger partial charge is 0.378 e. The van der Waals surface area contributed by atoms with Gasteiger partial charge in [0.1, 0.15) is 0 Å². The van der Waals surface area contributed by atoms with Crippen LogP contribution in [0.3, 0.4) is 0 Å². The predicted molar refractivity (Wildman–Crippen MR) is 113 cm³/mol. The maximum absolute atomic E-state index is 13.5. The van der Waals surface area contributed by atoms with Gasteiger partial charge < -0.3 is 14.5 Å². The Morgan fingerprint density at radius 3 is 1.76 bits per heavy atom. The van der Waals surface area contributed by atoms with Crippen molar-refractivity contribution >= 4 is 11.8 Å². The van der Waals surface area contributed by atoms with Crippen LogP contribution in [-0.2, 0) is 4.74 Å². The maximum atomic E-state index is 13.5. The van der Waals surface area contributed by atoms with Crippen molar-refractivity contribution < 1.29 is 14.3 Å². The van der Waals surface area contributed by atoms with Gasteiger partial charge in [-0.15, -0.1) is 0 Å². The van der Waals surface area contributed by atoms with Gasteiger partial charge in [-0.3, -0.25) is 9.59 Å². The number of carbonyl (C=O) groups excluding carboxylic acids is 2. The summed E-state index contributed by atoms with van der Waals surface area (Å²) in [4.78, 5) is 30.3. The normalized spacial score (nSPS) is 21.7. The Bertz CT molecular complexity index is 667. The molecule has 2 aliphatic carbocycles. The smallest absolute Gasteiger partial charge is 0.254 e. The Kier molecular flexibility index (Phi) is 6.86. The van der Waals surface area contributed by atoms with E-state index in [2.05, 4.69) is 4.90 Å². The molecule has 0 atom stereocenters. The third-order valence-electron chi connectivity index (χ3n) is 6.85. The summed E-state index contributed by atoms with van der Waals surface area (Å²) in [6, 6.07) is 8.13. The highest BCUT2D eigenvalue weighted by Gasteiger charge is 2.33. The van der Waals surface area contributed by atoms with Crippen LogP contribution in [0.4, 0.5) is 0 Å². The van der Waals surface area contributed by atoms with Gasteiger partial charge in [0.25, 0.3) is 11.8 Å². The highest BCUT2D eigenvalue weighted by Crippen LogP contribution is 2.31.